The number of aromatic hydroxyl groups is 2. The molecule has 0 bridgehead atoms. The van der Waals surface area contributed by atoms with Gasteiger partial charge < -0.3 is 15.4 Å². The van der Waals surface area contributed by atoms with Gasteiger partial charge in [0, 0.05) is 11.6 Å². The molecule has 0 radical (unpaired) electrons. The summed E-state index contributed by atoms with van der Waals surface area (Å²) >= 11 is 0. The van der Waals surface area contributed by atoms with E-state index in [9.17, 15) is 0 Å². The second-order valence-electron chi connectivity index (χ2n) is 1.99. The molecule has 0 aliphatic carbocycles. The number of rotatable bonds is 1. The van der Waals surface area contributed by atoms with Crippen molar-refractivity contribution in [2.75, 3.05) is 0 Å². The van der Waals surface area contributed by atoms with Crippen LogP contribution in [-0.2, 0) is 0 Å². The predicted molar refractivity (Wildman–Crippen MR) is 39.2 cm³/mol. The highest BCUT2D eigenvalue weighted by Crippen LogP contribution is 2.20. The van der Waals surface area contributed by atoms with Crippen molar-refractivity contribution in [2.24, 2.45) is 5.16 Å². The number of hydrogen-bond donors (Lipinski definition) is 3. The molecule has 4 nitrogen and oxygen atoms in total. The highest BCUT2D eigenvalue weighted by atomic mass is 16.4. The molecule has 1 aromatic carbocycles. The van der Waals surface area contributed by atoms with Crippen LogP contribution in [0.2, 0.25) is 0 Å². The van der Waals surface area contributed by atoms with Crippen molar-refractivity contribution in [3.05, 3.63) is 23.8 Å². The van der Waals surface area contributed by atoms with Gasteiger partial charge in [-0.2, -0.15) is 0 Å². The van der Waals surface area contributed by atoms with Crippen LogP contribution in [0.4, 0.5) is 0 Å². The standard InChI is InChI=1S/C7H7NO3/c9-6-2-1-5(4-8-11)7(10)3-6/h1-4,9-11H/b8-4+. The van der Waals surface area contributed by atoms with E-state index < -0.39 is 0 Å². The molecule has 58 valence electrons. The number of nitrogens with zero attached hydrogens (tertiary/aromatic N) is 1. The minimum Gasteiger partial charge on any atom is -0.508 e. The molecule has 0 saturated heterocycles. The van der Waals surface area contributed by atoms with Crippen molar-refractivity contribution >= 4 is 6.21 Å². The molecule has 0 unspecified atom stereocenters. The quantitative estimate of drug-likeness (QED) is 0.319. The van der Waals surface area contributed by atoms with Crippen molar-refractivity contribution in [3.8, 4) is 11.5 Å². The van der Waals surface area contributed by atoms with Gasteiger partial charge in [0.05, 0.1) is 6.21 Å². The third-order valence-corrected chi connectivity index (χ3v) is 1.21. The van der Waals surface area contributed by atoms with Gasteiger partial charge in [0.2, 0.25) is 0 Å². The molecule has 0 fully saturated rings. The molecule has 1 aromatic rings. The summed E-state index contributed by atoms with van der Waals surface area (Å²) in [5, 5.41) is 28.7. The van der Waals surface area contributed by atoms with E-state index in [0.717, 1.165) is 12.3 Å². The van der Waals surface area contributed by atoms with E-state index in [1.165, 1.54) is 12.1 Å². The number of hydrogen-bond acceptors (Lipinski definition) is 4. The van der Waals surface area contributed by atoms with E-state index in [0.29, 0.717) is 5.56 Å². The van der Waals surface area contributed by atoms with Gasteiger partial charge in [-0.1, -0.05) is 5.16 Å². The van der Waals surface area contributed by atoms with Crippen LogP contribution in [-0.4, -0.2) is 21.6 Å². The highest BCUT2D eigenvalue weighted by molar-refractivity contribution is 5.83. The lowest BCUT2D eigenvalue weighted by atomic mass is 10.2. The number of phenolic OH excluding ortho intramolecular Hbond substituents is 2. The summed E-state index contributed by atoms with van der Waals surface area (Å²) in [6.07, 6.45) is 1.08. The maximum Gasteiger partial charge on any atom is 0.128 e. The van der Waals surface area contributed by atoms with Crippen LogP contribution < -0.4 is 0 Å². The van der Waals surface area contributed by atoms with E-state index in [1.807, 2.05) is 0 Å². The van der Waals surface area contributed by atoms with Crippen LogP contribution in [0.5, 0.6) is 11.5 Å². The fourth-order valence-corrected chi connectivity index (χ4v) is 0.703. The van der Waals surface area contributed by atoms with Crippen LogP contribution >= 0.6 is 0 Å². The zero-order valence-electron chi connectivity index (χ0n) is 5.60. The molecule has 1 rings (SSSR count). The first-order valence-electron chi connectivity index (χ1n) is 2.93. The van der Waals surface area contributed by atoms with Gasteiger partial charge in [-0.15, -0.1) is 0 Å². The summed E-state index contributed by atoms with van der Waals surface area (Å²) in [5.41, 5.74) is 0.352. The molecule has 11 heavy (non-hydrogen) atoms. The summed E-state index contributed by atoms with van der Waals surface area (Å²) in [6.45, 7) is 0. The van der Waals surface area contributed by atoms with Gasteiger partial charge in [-0.05, 0) is 12.1 Å². The van der Waals surface area contributed by atoms with E-state index in [1.54, 1.807) is 0 Å². The van der Waals surface area contributed by atoms with E-state index in [-0.39, 0.29) is 11.5 Å². The Morgan fingerprint density at radius 1 is 1.27 bits per heavy atom. The molecule has 0 aliphatic heterocycles. The molecular formula is C7H7NO3. The van der Waals surface area contributed by atoms with Crippen molar-refractivity contribution in [2.45, 2.75) is 0 Å². The molecular weight excluding hydrogens is 146 g/mol. The third-order valence-electron chi connectivity index (χ3n) is 1.21. The molecule has 0 spiro atoms. The zero-order chi connectivity index (χ0) is 8.27. The highest BCUT2D eigenvalue weighted by Gasteiger charge is 1.97. The number of benzene rings is 1. The van der Waals surface area contributed by atoms with Gasteiger partial charge in [0.1, 0.15) is 11.5 Å². The van der Waals surface area contributed by atoms with E-state index >= 15 is 0 Å². The molecule has 3 N–H and O–H groups in total. The molecule has 0 amide bonds. The molecule has 0 atom stereocenters. The van der Waals surface area contributed by atoms with E-state index in [2.05, 4.69) is 5.16 Å². The fraction of sp³-hybridized carbons (Fsp3) is 0. The first-order valence-corrected chi connectivity index (χ1v) is 2.93. The molecule has 0 saturated carbocycles. The SMILES string of the molecule is O/N=C/c1ccc(O)cc1O. The molecule has 0 aromatic heterocycles. The summed E-state index contributed by atoms with van der Waals surface area (Å²) in [7, 11) is 0. The van der Waals surface area contributed by atoms with Gasteiger partial charge >= 0.3 is 0 Å². The van der Waals surface area contributed by atoms with Crippen LogP contribution in [0.3, 0.4) is 0 Å². The first-order chi connectivity index (χ1) is 5.24. The summed E-state index contributed by atoms with van der Waals surface area (Å²) < 4.78 is 0. The third kappa shape index (κ3) is 1.61. The van der Waals surface area contributed by atoms with Crippen LogP contribution in [0.25, 0.3) is 0 Å². The fourth-order valence-electron chi connectivity index (χ4n) is 0.703. The normalized spacial score (nSPS) is 10.5. The smallest absolute Gasteiger partial charge is 0.128 e. The Labute approximate surface area is 63.0 Å². The maximum absolute atomic E-state index is 9.06. The van der Waals surface area contributed by atoms with Gasteiger partial charge in [-0.25, -0.2) is 0 Å². The van der Waals surface area contributed by atoms with Gasteiger partial charge in [-0.3, -0.25) is 0 Å². The minimum atomic E-state index is -0.122. The lowest BCUT2D eigenvalue weighted by Crippen LogP contribution is -1.80. The Kier molecular flexibility index (Phi) is 1.96. The lowest BCUT2D eigenvalue weighted by molar-refractivity contribution is 0.321. The van der Waals surface area contributed by atoms with Crippen molar-refractivity contribution in [3.63, 3.8) is 0 Å². The summed E-state index contributed by atoms with van der Waals surface area (Å²) in [4.78, 5) is 0. The Hall–Kier alpha value is -1.71. The largest absolute Gasteiger partial charge is 0.508 e. The first kappa shape index (κ1) is 7.40. The molecule has 4 heteroatoms. The van der Waals surface area contributed by atoms with E-state index in [4.69, 9.17) is 15.4 Å². The predicted octanol–water partition coefficient (Wildman–Crippen LogP) is 0.906. The molecule has 0 heterocycles. The summed E-state index contributed by atoms with van der Waals surface area (Å²) in [5.74, 6) is -0.152. The number of oxime groups is 1. The maximum atomic E-state index is 9.06. The van der Waals surface area contributed by atoms with Crippen LogP contribution in [0.15, 0.2) is 23.4 Å². The van der Waals surface area contributed by atoms with Crippen LogP contribution in [0.1, 0.15) is 5.56 Å². The second kappa shape index (κ2) is 2.92. The van der Waals surface area contributed by atoms with Crippen molar-refractivity contribution in [1.82, 2.24) is 0 Å². The van der Waals surface area contributed by atoms with Gasteiger partial charge in [0.25, 0.3) is 0 Å². The average Bonchev–Trinajstić information content (AvgIpc) is 1.95. The second-order valence-corrected chi connectivity index (χ2v) is 1.99. The van der Waals surface area contributed by atoms with Crippen molar-refractivity contribution in [1.29, 1.82) is 0 Å². The Bertz CT molecular complexity index is 283. The Morgan fingerprint density at radius 2 is 2.00 bits per heavy atom. The molecule has 0 aliphatic rings. The van der Waals surface area contributed by atoms with Gasteiger partial charge in [0.15, 0.2) is 0 Å². The van der Waals surface area contributed by atoms with Crippen molar-refractivity contribution < 1.29 is 15.4 Å². The zero-order valence-corrected chi connectivity index (χ0v) is 5.60. The Morgan fingerprint density at radius 3 is 2.55 bits per heavy atom. The lowest BCUT2D eigenvalue weighted by Gasteiger charge is -1.96. The summed E-state index contributed by atoms with van der Waals surface area (Å²) in [6, 6.07) is 3.98. The minimum absolute atomic E-state index is 0.0300. The topological polar surface area (TPSA) is 73.1 Å². The average molecular weight is 153 g/mol. The monoisotopic (exact) mass is 153 g/mol. The van der Waals surface area contributed by atoms with Crippen LogP contribution in [0, 0.1) is 0 Å². The Balaban J connectivity index is 3.09. The number of phenols is 2.